The Labute approximate surface area is 253 Å². The average molecular weight is 619 g/mol. The van der Waals surface area contributed by atoms with Crippen LogP contribution in [-0.4, -0.2) is 136 Å². The second-order valence-electron chi connectivity index (χ2n) is 13.5. The lowest BCUT2D eigenvalue weighted by Gasteiger charge is -2.50. The van der Waals surface area contributed by atoms with Crippen LogP contribution in [0, 0.1) is 17.2 Å². The Morgan fingerprint density at radius 2 is 1.72 bits per heavy atom. The number of hydrogen-bond acceptors (Lipinski definition) is 14. The van der Waals surface area contributed by atoms with Crippen LogP contribution in [0.3, 0.4) is 0 Å². The molecule has 2 saturated heterocycles. The zero-order valence-corrected chi connectivity index (χ0v) is 25.5. The fraction of sp³-hybridized carbons (Fsp3) is 0.964. The van der Waals surface area contributed by atoms with Crippen LogP contribution in [0.1, 0.15) is 52.9 Å². The molecule has 2 aliphatic heterocycles. The van der Waals surface area contributed by atoms with Gasteiger partial charge in [-0.05, 0) is 51.5 Å². The molecule has 4 fully saturated rings. The monoisotopic (exact) mass is 618 g/mol. The summed E-state index contributed by atoms with van der Waals surface area (Å²) in [6, 6.07) is -2.15. The summed E-state index contributed by atoms with van der Waals surface area (Å²) >= 11 is 0. The van der Waals surface area contributed by atoms with Gasteiger partial charge in [-0.25, -0.2) is 0 Å². The molecule has 7 unspecified atom stereocenters. The molecule has 0 amide bonds. The van der Waals surface area contributed by atoms with Crippen molar-refractivity contribution in [1.82, 2.24) is 10.6 Å². The van der Waals surface area contributed by atoms with Crippen LogP contribution in [0.25, 0.3) is 0 Å². The molecule has 2 saturated carbocycles. The molecule has 13 atom stereocenters. The van der Waals surface area contributed by atoms with E-state index in [1.165, 1.54) is 0 Å². The maximum Gasteiger partial charge on any atom is 0.184 e. The molecule has 0 aromatic heterocycles. The van der Waals surface area contributed by atoms with Crippen molar-refractivity contribution in [3.05, 3.63) is 0 Å². The van der Waals surface area contributed by atoms with E-state index >= 15 is 0 Å². The molecular formula is C28H54N6O9. The molecule has 14 N–H and O–H groups in total. The zero-order chi connectivity index (χ0) is 31.7. The van der Waals surface area contributed by atoms with Gasteiger partial charge in [0.15, 0.2) is 12.6 Å². The SMILES string of the molecule is CC(CO)CNC[C@@H]1CCC(N)[C@@H](OC2C(O)C(O[C@H]3OCC(C)(O)[C@H](C)C3O)[C@H](NC(=N)C3(O)CC(N)C3)C[C@@H]2N)O1. The molecule has 250 valence electrons. The minimum Gasteiger partial charge on any atom is -0.396 e. The third kappa shape index (κ3) is 8.03. The van der Waals surface area contributed by atoms with Crippen molar-refractivity contribution in [2.45, 2.75) is 131 Å². The Bertz CT molecular complexity index is 927. The van der Waals surface area contributed by atoms with Gasteiger partial charge in [-0.2, -0.15) is 0 Å². The van der Waals surface area contributed by atoms with E-state index in [4.69, 9.17) is 41.6 Å². The predicted molar refractivity (Wildman–Crippen MR) is 156 cm³/mol. The Morgan fingerprint density at radius 3 is 2.37 bits per heavy atom. The number of aliphatic hydroxyl groups excluding tert-OH is 3. The molecule has 0 radical (unpaired) electrons. The summed E-state index contributed by atoms with van der Waals surface area (Å²) in [4.78, 5) is 0. The third-order valence-corrected chi connectivity index (χ3v) is 9.58. The lowest BCUT2D eigenvalue weighted by atomic mass is 9.74. The fourth-order valence-electron chi connectivity index (χ4n) is 6.29. The van der Waals surface area contributed by atoms with Crippen LogP contribution in [0.4, 0.5) is 0 Å². The van der Waals surface area contributed by atoms with Crippen LogP contribution in [0.15, 0.2) is 0 Å². The van der Waals surface area contributed by atoms with Crippen molar-refractivity contribution < 1.29 is 44.5 Å². The van der Waals surface area contributed by atoms with Crippen LogP contribution in [-0.2, 0) is 18.9 Å². The quantitative estimate of drug-likeness (QED) is 0.0804. The summed E-state index contributed by atoms with van der Waals surface area (Å²) in [7, 11) is 0. The topological polar surface area (TPSA) is 264 Å². The molecule has 43 heavy (non-hydrogen) atoms. The molecule has 4 rings (SSSR count). The summed E-state index contributed by atoms with van der Waals surface area (Å²) in [5, 5.41) is 68.0. The summed E-state index contributed by atoms with van der Waals surface area (Å²) in [6.07, 6.45) is -4.90. The van der Waals surface area contributed by atoms with Crippen molar-refractivity contribution in [3.8, 4) is 0 Å². The largest absolute Gasteiger partial charge is 0.396 e. The van der Waals surface area contributed by atoms with Gasteiger partial charge < -0.3 is 72.3 Å². The van der Waals surface area contributed by atoms with Gasteiger partial charge in [-0.15, -0.1) is 0 Å². The minimum absolute atomic E-state index is 0.0825. The molecule has 15 heteroatoms. The molecule has 0 spiro atoms. The van der Waals surface area contributed by atoms with Crippen LogP contribution in [0.2, 0.25) is 0 Å². The Hall–Kier alpha value is -1.05. The van der Waals surface area contributed by atoms with Gasteiger partial charge in [-0.3, -0.25) is 5.41 Å². The first-order chi connectivity index (χ1) is 20.1. The van der Waals surface area contributed by atoms with Gasteiger partial charge in [-0.1, -0.05) is 13.8 Å². The highest BCUT2D eigenvalue weighted by Gasteiger charge is 2.52. The molecule has 2 aliphatic carbocycles. The molecule has 4 aliphatic rings. The van der Waals surface area contributed by atoms with E-state index in [9.17, 15) is 25.5 Å². The van der Waals surface area contributed by atoms with Gasteiger partial charge in [0.05, 0.1) is 30.4 Å². The van der Waals surface area contributed by atoms with E-state index in [0.717, 1.165) is 0 Å². The molecule has 0 aromatic carbocycles. The first-order valence-electron chi connectivity index (χ1n) is 15.5. The highest BCUT2D eigenvalue weighted by atomic mass is 16.7. The van der Waals surface area contributed by atoms with Crippen LogP contribution >= 0.6 is 0 Å². The van der Waals surface area contributed by atoms with E-state index in [0.29, 0.717) is 25.9 Å². The van der Waals surface area contributed by atoms with Crippen LogP contribution < -0.4 is 27.8 Å². The van der Waals surface area contributed by atoms with E-state index in [2.05, 4.69) is 10.6 Å². The number of nitrogens with one attached hydrogen (secondary N) is 3. The second-order valence-corrected chi connectivity index (χ2v) is 13.5. The van der Waals surface area contributed by atoms with Gasteiger partial charge >= 0.3 is 0 Å². The first-order valence-corrected chi connectivity index (χ1v) is 15.5. The second kappa shape index (κ2) is 14.2. The zero-order valence-electron chi connectivity index (χ0n) is 25.5. The van der Waals surface area contributed by atoms with Gasteiger partial charge in [0.25, 0.3) is 0 Å². The summed E-state index contributed by atoms with van der Waals surface area (Å²) in [5.74, 6) is -0.644. The number of ether oxygens (including phenoxy) is 4. The normalized spacial score (nSPS) is 47.9. The Morgan fingerprint density at radius 1 is 1.05 bits per heavy atom. The maximum absolute atomic E-state index is 11.7. The Balaban J connectivity index is 1.47. The number of rotatable bonds is 11. The highest BCUT2D eigenvalue weighted by molar-refractivity contribution is 5.89. The van der Waals surface area contributed by atoms with Gasteiger partial charge in [0.2, 0.25) is 0 Å². The van der Waals surface area contributed by atoms with Crippen molar-refractivity contribution in [1.29, 1.82) is 5.41 Å². The van der Waals surface area contributed by atoms with E-state index < -0.39 is 72.2 Å². The first kappa shape index (κ1) is 34.8. The highest BCUT2D eigenvalue weighted by Crippen LogP contribution is 2.36. The van der Waals surface area contributed by atoms with Crippen molar-refractivity contribution in [3.63, 3.8) is 0 Å². The molecule has 0 bridgehead atoms. The lowest BCUT2D eigenvalue weighted by molar-refractivity contribution is -0.313. The number of nitrogens with two attached hydrogens (primary N) is 3. The number of aliphatic hydroxyl groups is 5. The van der Waals surface area contributed by atoms with Gasteiger partial charge in [0.1, 0.15) is 35.9 Å². The van der Waals surface area contributed by atoms with Gasteiger partial charge in [0, 0.05) is 31.2 Å². The maximum atomic E-state index is 11.7. The lowest BCUT2D eigenvalue weighted by Crippen LogP contribution is -2.69. The Kier molecular flexibility index (Phi) is 11.5. The average Bonchev–Trinajstić information content (AvgIpc) is 2.93. The molecule has 0 aromatic rings. The summed E-state index contributed by atoms with van der Waals surface area (Å²) in [5.41, 5.74) is 16.1. The number of amidine groups is 1. The van der Waals surface area contributed by atoms with Crippen molar-refractivity contribution in [2.24, 2.45) is 29.0 Å². The van der Waals surface area contributed by atoms with Crippen molar-refractivity contribution in [2.75, 3.05) is 26.3 Å². The predicted octanol–water partition coefficient (Wildman–Crippen LogP) is -3.21. The smallest absolute Gasteiger partial charge is 0.184 e. The molecular weight excluding hydrogens is 564 g/mol. The summed E-state index contributed by atoms with van der Waals surface area (Å²) in [6.45, 7) is 6.34. The summed E-state index contributed by atoms with van der Waals surface area (Å²) < 4.78 is 24.3. The number of hydrogen-bond donors (Lipinski definition) is 11. The fourth-order valence-corrected chi connectivity index (χ4v) is 6.29. The van der Waals surface area contributed by atoms with Crippen LogP contribution in [0.5, 0.6) is 0 Å². The van der Waals surface area contributed by atoms with E-state index in [1.54, 1.807) is 13.8 Å². The third-order valence-electron chi connectivity index (χ3n) is 9.58. The van der Waals surface area contributed by atoms with E-state index in [1.807, 2.05) is 6.92 Å². The molecule has 2 heterocycles. The van der Waals surface area contributed by atoms with E-state index in [-0.39, 0.29) is 56.4 Å². The molecule has 15 nitrogen and oxygen atoms in total. The minimum atomic E-state index is -1.42. The van der Waals surface area contributed by atoms with Crippen molar-refractivity contribution >= 4 is 5.84 Å². The standard InChI is InChI=1S/C28H54N6O9/c1-13(11-35)9-33-10-16-4-5-17(30)24(41-16)42-22-18(31)6-19(34-26(32)28(39)7-15(29)8-28)23(21(22)37)43-25-20(36)14(2)27(3,38)12-40-25/h13-25,33,35-39H,4-12,29-31H2,1-3H3,(H2,32,34)/t13?,14-,15?,16+,17?,18+,19-,20?,21?,22?,23?,24-,25-,27?,28?/m1/s1.